The number of aldehydes is 1. The monoisotopic (exact) mass is 298 g/mol. The second kappa shape index (κ2) is 4.22. The van der Waals surface area contributed by atoms with Crippen molar-refractivity contribution in [2.45, 2.75) is 18.4 Å². The average Bonchev–Trinajstić information content (AvgIpc) is 3.03. The van der Waals surface area contributed by atoms with Gasteiger partial charge in [0, 0.05) is 19.5 Å². The average molecular weight is 298 g/mol. The number of nitrogens with zero attached hydrogens (tertiary/aromatic N) is 3. The van der Waals surface area contributed by atoms with Gasteiger partial charge in [-0.1, -0.05) is 5.57 Å². The summed E-state index contributed by atoms with van der Waals surface area (Å²) in [4.78, 5) is 45.2. The van der Waals surface area contributed by atoms with Crippen LogP contribution in [0.3, 0.4) is 0 Å². The van der Waals surface area contributed by atoms with E-state index in [-0.39, 0.29) is 29.0 Å². The lowest BCUT2D eigenvalue weighted by molar-refractivity contribution is 0.0915. The van der Waals surface area contributed by atoms with Crippen molar-refractivity contribution in [1.29, 1.82) is 0 Å². The van der Waals surface area contributed by atoms with E-state index in [0.717, 1.165) is 5.57 Å². The highest BCUT2D eigenvalue weighted by atomic mass is 16.2. The molecular formula is C15H14N4O3. The molecule has 1 spiro atoms. The third-order valence-corrected chi connectivity index (χ3v) is 4.96. The van der Waals surface area contributed by atoms with Crippen LogP contribution >= 0.6 is 0 Å². The first kappa shape index (κ1) is 13.1. The fourth-order valence-electron chi connectivity index (χ4n) is 3.69. The van der Waals surface area contributed by atoms with Crippen LogP contribution in [0.1, 0.15) is 39.5 Å². The molecule has 2 unspecified atom stereocenters. The van der Waals surface area contributed by atoms with E-state index in [0.29, 0.717) is 37.1 Å². The molecule has 7 heteroatoms. The van der Waals surface area contributed by atoms with Crippen LogP contribution in [-0.4, -0.2) is 52.1 Å². The molecule has 2 aliphatic carbocycles. The zero-order valence-corrected chi connectivity index (χ0v) is 12.0. The van der Waals surface area contributed by atoms with Gasteiger partial charge in [-0.05, 0) is 18.9 Å². The van der Waals surface area contributed by atoms with Crippen molar-refractivity contribution in [3.63, 3.8) is 0 Å². The number of ketones is 1. The minimum atomic E-state index is -0.348. The Bertz CT molecular complexity index is 757. The van der Waals surface area contributed by atoms with E-state index in [2.05, 4.69) is 15.3 Å². The summed E-state index contributed by atoms with van der Waals surface area (Å²) in [5.41, 5.74) is 1.61. The van der Waals surface area contributed by atoms with E-state index >= 15 is 0 Å². The lowest BCUT2D eigenvalue weighted by Crippen LogP contribution is -2.42. The molecule has 1 saturated carbocycles. The van der Waals surface area contributed by atoms with Gasteiger partial charge in [-0.25, -0.2) is 14.8 Å². The number of aromatic nitrogens is 2. The second-order valence-corrected chi connectivity index (χ2v) is 6.11. The molecule has 2 atom stereocenters. The Labute approximate surface area is 126 Å². The molecular weight excluding hydrogens is 284 g/mol. The Kier molecular flexibility index (Phi) is 2.52. The van der Waals surface area contributed by atoms with Crippen molar-refractivity contribution < 1.29 is 14.4 Å². The summed E-state index contributed by atoms with van der Waals surface area (Å²) in [5.74, 6) is -0.318. The molecule has 3 aliphatic rings. The molecule has 1 aliphatic heterocycles. The van der Waals surface area contributed by atoms with Gasteiger partial charge in [0.1, 0.15) is 11.4 Å². The number of carbonyl (C=O) groups excluding carboxylic acids is 3. The van der Waals surface area contributed by atoms with Crippen molar-refractivity contribution >= 4 is 24.2 Å². The maximum Gasteiger partial charge on any atom is 0.317 e. The largest absolute Gasteiger partial charge is 0.336 e. The molecule has 1 aromatic rings. The van der Waals surface area contributed by atoms with Crippen LogP contribution in [0.15, 0.2) is 11.8 Å². The number of likely N-dealkylation sites (N-methyl/N-ethyl adjacent to an activating group) is 1. The van der Waals surface area contributed by atoms with E-state index < -0.39 is 0 Å². The van der Waals surface area contributed by atoms with E-state index in [9.17, 15) is 14.4 Å². The molecule has 0 radical (unpaired) electrons. The maximum absolute atomic E-state index is 12.7. The molecule has 112 valence electrons. The summed E-state index contributed by atoms with van der Waals surface area (Å²) >= 11 is 0. The molecule has 1 saturated heterocycles. The van der Waals surface area contributed by atoms with Crippen LogP contribution in [0, 0.1) is 5.92 Å². The topological polar surface area (TPSA) is 92.3 Å². The standard InChI is InChI=1S/C15H14N4O3/c1-19-14(22)17-7-15(19)3-8-2-11-12(13(21)10(8)4-15)16-5-9(6-20)18-11/h2,5-6,10H,3-4,7H2,1H3,(H,17,22). The van der Waals surface area contributed by atoms with Crippen LogP contribution < -0.4 is 5.32 Å². The van der Waals surface area contributed by atoms with Gasteiger partial charge in [-0.2, -0.15) is 0 Å². The minimum Gasteiger partial charge on any atom is -0.336 e. The van der Waals surface area contributed by atoms with E-state index in [1.54, 1.807) is 11.9 Å². The van der Waals surface area contributed by atoms with E-state index in [1.165, 1.54) is 6.20 Å². The molecule has 2 heterocycles. The number of nitrogens with one attached hydrogen (secondary N) is 1. The Balaban J connectivity index is 1.76. The maximum atomic E-state index is 12.7. The molecule has 4 rings (SSSR count). The van der Waals surface area contributed by atoms with Crippen molar-refractivity contribution in [2.75, 3.05) is 13.6 Å². The Hall–Kier alpha value is -2.57. The van der Waals surface area contributed by atoms with Gasteiger partial charge < -0.3 is 10.2 Å². The molecule has 22 heavy (non-hydrogen) atoms. The van der Waals surface area contributed by atoms with E-state index in [4.69, 9.17) is 0 Å². The van der Waals surface area contributed by atoms with Crippen LogP contribution in [0.25, 0.3) is 6.08 Å². The molecule has 1 N–H and O–H groups in total. The Morgan fingerprint density at radius 3 is 2.95 bits per heavy atom. The lowest BCUT2D eigenvalue weighted by Gasteiger charge is -2.29. The van der Waals surface area contributed by atoms with Gasteiger partial charge in [-0.3, -0.25) is 9.59 Å². The normalized spacial score (nSPS) is 29.2. The minimum absolute atomic E-state index is 0.0675. The van der Waals surface area contributed by atoms with Crippen molar-refractivity contribution in [2.24, 2.45) is 5.92 Å². The quantitative estimate of drug-likeness (QED) is 0.769. The van der Waals surface area contributed by atoms with Crippen LogP contribution in [0.4, 0.5) is 4.79 Å². The highest BCUT2D eigenvalue weighted by Crippen LogP contribution is 2.47. The number of amides is 2. The Morgan fingerprint density at radius 1 is 1.45 bits per heavy atom. The predicted molar refractivity (Wildman–Crippen MR) is 76.3 cm³/mol. The number of Topliss-reactive ketones (excluding diaryl/α,β-unsaturated/α-hetero) is 1. The summed E-state index contributed by atoms with van der Waals surface area (Å²) < 4.78 is 0. The van der Waals surface area contributed by atoms with Crippen molar-refractivity contribution in [3.05, 3.63) is 28.9 Å². The summed E-state index contributed by atoms with van der Waals surface area (Å²) in [5, 5.41) is 2.84. The van der Waals surface area contributed by atoms with Gasteiger partial charge >= 0.3 is 6.03 Å². The number of fused-ring (bicyclic) bond motifs is 2. The number of hydrogen-bond donors (Lipinski definition) is 1. The number of carbonyl (C=O) groups is 3. The number of hydrogen-bond acceptors (Lipinski definition) is 5. The third kappa shape index (κ3) is 1.59. The first-order valence-corrected chi connectivity index (χ1v) is 7.13. The zero-order chi connectivity index (χ0) is 15.5. The van der Waals surface area contributed by atoms with Crippen LogP contribution in [0.5, 0.6) is 0 Å². The van der Waals surface area contributed by atoms with Crippen LogP contribution in [-0.2, 0) is 0 Å². The van der Waals surface area contributed by atoms with Gasteiger partial charge in [-0.15, -0.1) is 0 Å². The van der Waals surface area contributed by atoms with Gasteiger partial charge in [0.05, 0.1) is 17.4 Å². The molecule has 1 aromatic heterocycles. The van der Waals surface area contributed by atoms with Crippen molar-refractivity contribution in [1.82, 2.24) is 20.2 Å². The zero-order valence-electron chi connectivity index (χ0n) is 12.0. The summed E-state index contributed by atoms with van der Waals surface area (Å²) in [7, 11) is 1.76. The Morgan fingerprint density at radius 2 is 2.27 bits per heavy atom. The first-order valence-electron chi connectivity index (χ1n) is 7.13. The number of rotatable bonds is 1. The van der Waals surface area contributed by atoms with Crippen LogP contribution in [0.2, 0.25) is 0 Å². The highest BCUT2D eigenvalue weighted by Gasteiger charge is 2.53. The first-order chi connectivity index (χ1) is 10.5. The lowest BCUT2D eigenvalue weighted by atomic mass is 9.88. The fraction of sp³-hybridized carbons (Fsp3) is 0.400. The third-order valence-electron chi connectivity index (χ3n) is 4.96. The highest BCUT2D eigenvalue weighted by molar-refractivity contribution is 6.04. The van der Waals surface area contributed by atoms with Crippen molar-refractivity contribution in [3.8, 4) is 0 Å². The van der Waals surface area contributed by atoms with Gasteiger partial charge in [0.2, 0.25) is 0 Å². The van der Waals surface area contributed by atoms with Gasteiger partial charge in [0.25, 0.3) is 0 Å². The summed E-state index contributed by atoms with van der Waals surface area (Å²) in [6, 6.07) is -0.108. The second-order valence-electron chi connectivity index (χ2n) is 6.11. The summed E-state index contributed by atoms with van der Waals surface area (Å²) in [6.45, 7) is 0.542. The summed E-state index contributed by atoms with van der Waals surface area (Å²) in [6.07, 6.45) is 5.03. The molecule has 2 amide bonds. The predicted octanol–water partition coefficient (Wildman–Crippen LogP) is 0.673. The molecule has 0 aromatic carbocycles. The number of urea groups is 1. The smallest absolute Gasteiger partial charge is 0.317 e. The molecule has 2 fully saturated rings. The fourth-order valence-corrected chi connectivity index (χ4v) is 3.69. The molecule has 0 bridgehead atoms. The van der Waals surface area contributed by atoms with Gasteiger partial charge in [0.15, 0.2) is 12.1 Å². The SMILES string of the molecule is CN1C(=O)NCC12CC1=Cc3nc(C=O)cnc3C(=O)C1C2. The molecule has 7 nitrogen and oxygen atoms in total. The van der Waals surface area contributed by atoms with E-state index in [1.807, 2.05) is 6.08 Å².